The summed E-state index contributed by atoms with van der Waals surface area (Å²) in [5.41, 5.74) is 4.85. The number of ether oxygens (including phenoxy) is 2. The van der Waals surface area contributed by atoms with Gasteiger partial charge in [0.25, 0.3) is 0 Å². The van der Waals surface area contributed by atoms with Crippen molar-refractivity contribution in [2.45, 2.75) is 25.3 Å². The van der Waals surface area contributed by atoms with E-state index < -0.39 is 0 Å². The standard InChI is InChI=1S/C27H32N4O3/c1-29(2)13-5-15-34-22-10-7-19(8-11-22)20-9-12-24-23(16-20)26-25(17-28-24)30(3)27(32)31(26)21-6-4-14-33-18-21/h7-12,16-17,21H,4-6,13-15,18H2,1-3H3/t21-/m0/s1. The highest BCUT2D eigenvalue weighted by atomic mass is 16.5. The predicted octanol–water partition coefficient (Wildman–Crippen LogP) is 4.24. The van der Waals surface area contributed by atoms with Crippen LogP contribution in [0.15, 0.2) is 53.5 Å². The largest absolute Gasteiger partial charge is 0.494 e. The lowest BCUT2D eigenvalue weighted by molar-refractivity contribution is 0.0593. The molecule has 2 aromatic carbocycles. The summed E-state index contributed by atoms with van der Waals surface area (Å²) in [5.74, 6) is 0.876. The van der Waals surface area contributed by atoms with Gasteiger partial charge in [-0.15, -0.1) is 0 Å². The molecule has 2 aromatic heterocycles. The van der Waals surface area contributed by atoms with Crippen molar-refractivity contribution in [3.8, 4) is 16.9 Å². The molecular formula is C27H32N4O3. The first-order valence-corrected chi connectivity index (χ1v) is 12.0. The van der Waals surface area contributed by atoms with Gasteiger partial charge in [-0.05, 0) is 68.8 Å². The Morgan fingerprint density at radius 3 is 2.68 bits per heavy atom. The monoisotopic (exact) mass is 460 g/mol. The summed E-state index contributed by atoms with van der Waals surface area (Å²) in [7, 11) is 5.96. The smallest absolute Gasteiger partial charge is 0.329 e. The number of aryl methyl sites for hydroxylation is 1. The van der Waals surface area contributed by atoms with Crippen molar-refractivity contribution in [3.05, 3.63) is 59.1 Å². The summed E-state index contributed by atoms with van der Waals surface area (Å²) < 4.78 is 15.2. The molecular weight excluding hydrogens is 428 g/mol. The molecule has 0 amide bonds. The number of hydrogen-bond donors (Lipinski definition) is 0. The molecule has 0 aliphatic carbocycles. The third kappa shape index (κ3) is 4.33. The lowest BCUT2D eigenvalue weighted by Crippen LogP contribution is -2.31. The van der Waals surface area contributed by atoms with Crippen LogP contribution in [-0.4, -0.2) is 59.5 Å². The highest BCUT2D eigenvalue weighted by molar-refractivity contribution is 6.04. The van der Waals surface area contributed by atoms with Crippen LogP contribution in [0, 0.1) is 0 Å². The molecule has 0 unspecified atom stereocenters. The number of nitrogens with zero attached hydrogens (tertiary/aromatic N) is 4. The zero-order valence-corrected chi connectivity index (χ0v) is 20.2. The molecule has 178 valence electrons. The molecule has 1 saturated heterocycles. The first kappa shape index (κ1) is 22.6. The number of benzene rings is 2. The van der Waals surface area contributed by atoms with Gasteiger partial charge in [0, 0.05) is 25.6 Å². The van der Waals surface area contributed by atoms with E-state index in [1.165, 1.54) is 0 Å². The van der Waals surface area contributed by atoms with E-state index in [9.17, 15) is 4.79 Å². The maximum Gasteiger partial charge on any atom is 0.329 e. The SMILES string of the molecule is CN(C)CCCOc1ccc(-c2ccc3ncc4c(c3c2)n([C@H]2CCCOC2)c(=O)n4C)cc1. The molecule has 0 bridgehead atoms. The summed E-state index contributed by atoms with van der Waals surface area (Å²) in [6.07, 6.45) is 4.71. The first-order valence-electron chi connectivity index (χ1n) is 12.0. The third-order valence-electron chi connectivity index (χ3n) is 6.62. The van der Waals surface area contributed by atoms with Crippen molar-refractivity contribution in [2.75, 3.05) is 40.5 Å². The molecule has 1 atom stereocenters. The van der Waals surface area contributed by atoms with Crippen molar-refractivity contribution in [1.82, 2.24) is 19.0 Å². The highest BCUT2D eigenvalue weighted by Gasteiger charge is 2.23. The summed E-state index contributed by atoms with van der Waals surface area (Å²) in [6.45, 7) is 3.04. The summed E-state index contributed by atoms with van der Waals surface area (Å²) >= 11 is 0. The van der Waals surface area contributed by atoms with E-state index in [4.69, 9.17) is 9.47 Å². The normalized spacial score (nSPS) is 16.5. The van der Waals surface area contributed by atoms with Gasteiger partial charge in [-0.3, -0.25) is 14.1 Å². The van der Waals surface area contributed by atoms with Crippen LogP contribution in [0.4, 0.5) is 0 Å². The van der Waals surface area contributed by atoms with Crippen molar-refractivity contribution >= 4 is 21.9 Å². The number of aromatic nitrogens is 3. The second-order valence-corrected chi connectivity index (χ2v) is 9.34. The average Bonchev–Trinajstić information content (AvgIpc) is 3.12. The highest BCUT2D eigenvalue weighted by Crippen LogP contribution is 2.32. The number of hydrogen-bond acceptors (Lipinski definition) is 5. The zero-order valence-electron chi connectivity index (χ0n) is 20.2. The fraction of sp³-hybridized carbons (Fsp3) is 0.407. The van der Waals surface area contributed by atoms with E-state index in [2.05, 4.69) is 48.2 Å². The molecule has 7 nitrogen and oxygen atoms in total. The average molecular weight is 461 g/mol. The van der Waals surface area contributed by atoms with Gasteiger partial charge >= 0.3 is 5.69 Å². The fourth-order valence-corrected chi connectivity index (χ4v) is 4.79. The van der Waals surface area contributed by atoms with Crippen LogP contribution in [0.3, 0.4) is 0 Å². The number of fused-ring (bicyclic) bond motifs is 3. The zero-order chi connectivity index (χ0) is 23.7. The molecule has 4 aromatic rings. The maximum absolute atomic E-state index is 13.2. The van der Waals surface area contributed by atoms with Crippen LogP contribution >= 0.6 is 0 Å². The van der Waals surface area contributed by atoms with Gasteiger partial charge in [0.1, 0.15) is 5.75 Å². The molecule has 1 aliphatic heterocycles. The molecule has 1 fully saturated rings. The topological polar surface area (TPSA) is 61.5 Å². The van der Waals surface area contributed by atoms with Crippen molar-refractivity contribution in [1.29, 1.82) is 0 Å². The van der Waals surface area contributed by atoms with E-state index in [0.717, 1.165) is 71.2 Å². The third-order valence-corrected chi connectivity index (χ3v) is 6.62. The van der Waals surface area contributed by atoms with Crippen molar-refractivity contribution in [3.63, 3.8) is 0 Å². The predicted molar refractivity (Wildman–Crippen MR) is 136 cm³/mol. The second kappa shape index (κ2) is 9.60. The molecule has 3 heterocycles. The molecule has 0 N–H and O–H groups in total. The lowest BCUT2D eigenvalue weighted by atomic mass is 10.0. The van der Waals surface area contributed by atoms with Gasteiger partial charge in [0.05, 0.1) is 42.0 Å². The Balaban J connectivity index is 1.51. The fourth-order valence-electron chi connectivity index (χ4n) is 4.79. The van der Waals surface area contributed by atoms with Crippen molar-refractivity contribution in [2.24, 2.45) is 7.05 Å². The van der Waals surface area contributed by atoms with Gasteiger partial charge in [0.15, 0.2) is 0 Å². The molecule has 1 aliphatic rings. The molecule has 0 spiro atoms. The maximum atomic E-state index is 13.2. The minimum atomic E-state index is -0.0130. The number of pyridine rings is 1. The van der Waals surface area contributed by atoms with E-state index in [1.54, 1.807) is 10.8 Å². The lowest BCUT2D eigenvalue weighted by Gasteiger charge is -2.23. The Bertz CT molecular complexity index is 1350. The Kier molecular flexibility index (Phi) is 6.39. The van der Waals surface area contributed by atoms with Crippen LogP contribution in [0.1, 0.15) is 25.3 Å². The van der Waals surface area contributed by atoms with Crippen LogP contribution in [0.5, 0.6) is 5.75 Å². The van der Waals surface area contributed by atoms with Crippen LogP contribution < -0.4 is 10.4 Å². The van der Waals surface area contributed by atoms with E-state index >= 15 is 0 Å². The minimum Gasteiger partial charge on any atom is -0.494 e. The van der Waals surface area contributed by atoms with E-state index in [1.807, 2.05) is 29.8 Å². The quantitative estimate of drug-likeness (QED) is 0.386. The van der Waals surface area contributed by atoms with Crippen LogP contribution in [0.2, 0.25) is 0 Å². The van der Waals surface area contributed by atoms with Crippen LogP contribution in [0.25, 0.3) is 33.1 Å². The molecule has 5 rings (SSSR count). The Morgan fingerprint density at radius 1 is 1.15 bits per heavy atom. The molecule has 7 heteroatoms. The second-order valence-electron chi connectivity index (χ2n) is 9.34. The molecule has 0 radical (unpaired) electrons. The van der Waals surface area contributed by atoms with Crippen molar-refractivity contribution < 1.29 is 9.47 Å². The Labute approximate surface area is 199 Å². The van der Waals surface area contributed by atoms with Gasteiger partial charge in [-0.1, -0.05) is 18.2 Å². The van der Waals surface area contributed by atoms with Crippen LogP contribution in [-0.2, 0) is 11.8 Å². The number of imidazole rings is 1. The molecule has 34 heavy (non-hydrogen) atoms. The number of rotatable bonds is 7. The van der Waals surface area contributed by atoms with E-state index in [-0.39, 0.29) is 11.7 Å². The van der Waals surface area contributed by atoms with E-state index in [0.29, 0.717) is 13.2 Å². The van der Waals surface area contributed by atoms with Gasteiger partial charge in [-0.25, -0.2) is 4.79 Å². The Morgan fingerprint density at radius 2 is 1.94 bits per heavy atom. The van der Waals surface area contributed by atoms with Gasteiger partial charge < -0.3 is 14.4 Å². The van der Waals surface area contributed by atoms with Gasteiger partial charge in [-0.2, -0.15) is 0 Å². The molecule has 0 saturated carbocycles. The summed E-state index contributed by atoms with van der Waals surface area (Å²) in [6, 6.07) is 14.5. The summed E-state index contributed by atoms with van der Waals surface area (Å²) in [5, 5.41) is 0.988. The summed E-state index contributed by atoms with van der Waals surface area (Å²) in [4.78, 5) is 20.0. The first-order chi connectivity index (χ1) is 16.5. The minimum absolute atomic E-state index is 0.0130. The Hall–Kier alpha value is -3.16. The van der Waals surface area contributed by atoms with Gasteiger partial charge in [0.2, 0.25) is 0 Å².